The molecule has 2 aromatic heterocycles. The molecule has 5 rings (SSSR count). The Kier molecular flexibility index (Phi) is 4.09. The molecule has 28 heavy (non-hydrogen) atoms. The Morgan fingerprint density at radius 3 is 2.93 bits per heavy atom. The van der Waals surface area contributed by atoms with Crippen molar-refractivity contribution in [2.75, 3.05) is 18.5 Å². The van der Waals surface area contributed by atoms with Crippen molar-refractivity contribution in [1.82, 2.24) is 19.6 Å². The van der Waals surface area contributed by atoms with Gasteiger partial charge in [0.15, 0.2) is 16.7 Å². The molecule has 0 bridgehead atoms. The molecule has 0 saturated carbocycles. The third-order valence-corrected chi connectivity index (χ3v) is 5.52. The highest BCUT2D eigenvalue weighted by molar-refractivity contribution is 8.00. The number of hydrogen-bond donors (Lipinski definition) is 2. The van der Waals surface area contributed by atoms with Crippen molar-refractivity contribution < 1.29 is 14.3 Å². The number of para-hydroxylation sites is 2. The summed E-state index contributed by atoms with van der Waals surface area (Å²) in [4.78, 5) is 17.2. The molecule has 4 aromatic rings. The highest BCUT2D eigenvalue weighted by Crippen LogP contribution is 2.33. The Hall–Kier alpha value is -3.20. The van der Waals surface area contributed by atoms with Crippen molar-refractivity contribution in [2.45, 2.75) is 17.3 Å². The third kappa shape index (κ3) is 2.93. The summed E-state index contributed by atoms with van der Waals surface area (Å²) < 4.78 is 13.0. The van der Waals surface area contributed by atoms with E-state index < -0.39 is 0 Å². The van der Waals surface area contributed by atoms with Crippen LogP contribution in [0.3, 0.4) is 0 Å². The van der Waals surface area contributed by atoms with Gasteiger partial charge in [0.1, 0.15) is 13.2 Å². The highest BCUT2D eigenvalue weighted by atomic mass is 32.2. The van der Waals surface area contributed by atoms with Gasteiger partial charge in [0.25, 0.3) is 0 Å². The quantitative estimate of drug-likeness (QED) is 0.516. The molecule has 0 saturated heterocycles. The van der Waals surface area contributed by atoms with E-state index in [4.69, 9.17) is 9.47 Å². The minimum absolute atomic E-state index is 0.123. The zero-order chi connectivity index (χ0) is 19.1. The topological polar surface area (TPSA) is 93.5 Å². The number of hydrogen-bond acceptors (Lipinski definition) is 6. The lowest BCUT2D eigenvalue weighted by molar-refractivity contribution is -0.115. The number of nitrogens with one attached hydrogen (secondary N) is 2. The summed E-state index contributed by atoms with van der Waals surface area (Å²) in [6.45, 7) is 2.88. The maximum atomic E-state index is 12.7. The van der Waals surface area contributed by atoms with Crippen LogP contribution in [0.2, 0.25) is 0 Å². The minimum Gasteiger partial charge on any atom is -0.486 e. The van der Waals surface area contributed by atoms with Gasteiger partial charge < -0.3 is 14.8 Å². The molecule has 2 N–H and O–H groups in total. The van der Waals surface area contributed by atoms with Gasteiger partial charge in [0.2, 0.25) is 11.7 Å². The Morgan fingerprint density at radius 2 is 2.04 bits per heavy atom. The van der Waals surface area contributed by atoms with Gasteiger partial charge in [-0.15, -0.1) is 5.10 Å². The third-order valence-electron chi connectivity index (χ3n) is 4.46. The molecule has 2 aromatic carbocycles. The molecule has 1 atom stereocenters. The number of imidazole rings is 1. The van der Waals surface area contributed by atoms with Crippen LogP contribution in [-0.2, 0) is 4.79 Å². The van der Waals surface area contributed by atoms with Crippen molar-refractivity contribution in [3.63, 3.8) is 0 Å². The lowest BCUT2D eigenvalue weighted by atomic mass is 10.2. The second-order valence-electron chi connectivity index (χ2n) is 6.37. The monoisotopic (exact) mass is 395 g/mol. The van der Waals surface area contributed by atoms with Gasteiger partial charge in [-0.3, -0.25) is 9.20 Å². The zero-order valence-electron chi connectivity index (χ0n) is 15.0. The Balaban J connectivity index is 1.35. The van der Waals surface area contributed by atoms with Crippen LogP contribution in [0.4, 0.5) is 5.69 Å². The average Bonchev–Trinajstić information content (AvgIpc) is 3.27. The summed E-state index contributed by atoms with van der Waals surface area (Å²) in [7, 11) is 0. The number of ether oxygens (including phenoxy) is 2. The Morgan fingerprint density at radius 1 is 1.21 bits per heavy atom. The first-order valence-corrected chi connectivity index (χ1v) is 9.76. The van der Waals surface area contributed by atoms with E-state index >= 15 is 0 Å². The van der Waals surface area contributed by atoms with E-state index in [-0.39, 0.29) is 11.2 Å². The molecule has 0 spiro atoms. The number of carbonyl (C=O) groups is 1. The number of anilines is 1. The predicted molar refractivity (Wildman–Crippen MR) is 106 cm³/mol. The van der Waals surface area contributed by atoms with E-state index in [1.807, 2.05) is 35.6 Å². The molecule has 0 unspecified atom stereocenters. The molecule has 3 heterocycles. The maximum absolute atomic E-state index is 12.7. The number of aromatic amines is 1. The van der Waals surface area contributed by atoms with Crippen LogP contribution in [0.5, 0.6) is 11.5 Å². The number of carbonyl (C=O) groups excluding carboxylic acids is 1. The van der Waals surface area contributed by atoms with Crippen molar-refractivity contribution in [2.24, 2.45) is 0 Å². The van der Waals surface area contributed by atoms with Gasteiger partial charge >= 0.3 is 0 Å². The highest BCUT2D eigenvalue weighted by Gasteiger charge is 2.20. The number of nitrogens with zero attached hydrogens (tertiary/aromatic N) is 3. The van der Waals surface area contributed by atoms with Crippen molar-refractivity contribution in [3.8, 4) is 11.5 Å². The standard InChI is InChI=1S/C19H17N5O3S/c1-11(17(25)20-12-6-7-15-16(10-12)27-9-8-26-15)28-19-23-22-18-21-13-4-2-3-5-14(13)24(18)19/h2-7,10-11H,8-9H2,1H3,(H,20,25)(H,21,22)/t11-/m0/s1. The molecular weight excluding hydrogens is 378 g/mol. The molecule has 1 aliphatic heterocycles. The Labute approximate surface area is 164 Å². The van der Waals surface area contributed by atoms with Gasteiger partial charge in [0, 0.05) is 11.8 Å². The number of H-pyrrole nitrogens is 1. The second-order valence-corrected chi connectivity index (χ2v) is 7.68. The lowest BCUT2D eigenvalue weighted by Gasteiger charge is -2.19. The predicted octanol–water partition coefficient (Wildman–Crippen LogP) is 3.10. The van der Waals surface area contributed by atoms with Crippen molar-refractivity contribution in [3.05, 3.63) is 42.5 Å². The molecule has 9 heteroatoms. The number of fused-ring (bicyclic) bond motifs is 4. The van der Waals surface area contributed by atoms with Crippen LogP contribution in [0.25, 0.3) is 16.8 Å². The SMILES string of the molecule is C[C@H](Sc1n[nH]c2nc3ccccc3n12)C(=O)Nc1ccc2c(c1)OCCO2. The van der Waals surface area contributed by atoms with Crippen molar-refractivity contribution >= 4 is 40.2 Å². The Bertz CT molecular complexity index is 1180. The van der Waals surface area contributed by atoms with Gasteiger partial charge in [-0.25, -0.2) is 10.1 Å². The summed E-state index contributed by atoms with van der Waals surface area (Å²) in [5.74, 6) is 1.87. The first-order valence-electron chi connectivity index (χ1n) is 8.88. The van der Waals surface area contributed by atoms with Crippen LogP contribution in [0.1, 0.15) is 6.92 Å². The number of benzene rings is 2. The fourth-order valence-corrected chi connectivity index (χ4v) is 3.97. The molecule has 0 radical (unpaired) electrons. The van der Waals surface area contributed by atoms with Crippen molar-refractivity contribution in [1.29, 1.82) is 0 Å². The van der Waals surface area contributed by atoms with E-state index in [0.717, 1.165) is 11.0 Å². The molecule has 0 aliphatic carbocycles. The first-order chi connectivity index (χ1) is 13.7. The number of rotatable bonds is 4. The second kappa shape index (κ2) is 6.75. The van der Waals surface area contributed by atoms with Gasteiger partial charge in [-0.1, -0.05) is 23.9 Å². The summed E-state index contributed by atoms with van der Waals surface area (Å²) in [6, 6.07) is 13.2. The van der Waals surface area contributed by atoms with E-state index in [2.05, 4.69) is 20.5 Å². The van der Waals surface area contributed by atoms with Gasteiger partial charge in [0.05, 0.1) is 16.3 Å². The summed E-state index contributed by atoms with van der Waals surface area (Å²) >= 11 is 1.37. The molecule has 142 valence electrons. The summed E-state index contributed by atoms with van der Waals surface area (Å²) in [6.07, 6.45) is 0. The van der Waals surface area contributed by atoms with Crippen LogP contribution in [0.15, 0.2) is 47.6 Å². The number of aromatic nitrogens is 4. The normalized spacial score (nSPS) is 14.3. The van der Waals surface area contributed by atoms with Crippen LogP contribution >= 0.6 is 11.8 Å². The largest absolute Gasteiger partial charge is 0.486 e. The molecule has 8 nitrogen and oxygen atoms in total. The molecule has 0 fully saturated rings. The van der Waals surface area contributed by atoms with E-state index in [9.17, 15) is 4.79 Å². The maximum Gasteiger partial charge on any atom is 0.237 e. The minimum atomic E-state index is -0.360. The molecular formula is C19H17N5O3S. The van der Waals surface area contributed by atoms with Gasteiger partial charge in [-0.05, 0) is 31.2 Å². The lowest BCUT2D eigenvalue weighted by Crippen LogP contribution is -2.23. The van der Waals surface area contributed by atoms with Crippen LogP contribution in [0, 0.1) is 0 Å². The first kappa shape index (κ1) is 16.9. The van der Waals surface area contributed by atoms with Crippen LogP contribution < -0.4 is 14.8 Å². The smallest absolute Gasteiger partial charge is 0.237 e. The average molecular weight is 395 g/mol. The molecule has 1 aliphatic rings. The summed E-state index contributed by atoms with van der Waals surface area (Å²) in [5, 5.41) is 10.5. The fraction of sp³-hybridized carbons (Fsp3) is 0.211. The molecule has 1 amide bonds. The van der Waals surface area contributed by atoms with E-state index in [1.54, 1.807) is 18.2 Å². The van der Waals surface area contributed by atoms with Crippen LogP contribution in [-0.4, -0.2) is 44.0 Å². The van der Waals surface area contributed by atoms with E-state index in [0.29, 0.717) is 41.3 Å². The van der Waals surface area contributed by atoms with Gasteiger partial charge in [-0.2, -0.15) is 0 Å². The summed E-state index contributed by atoms with van der Waals surface area (Å²) in [5.41, 5.74) is 2.50. The fourth-order valence-electron chi connectivity index (χ4n) is 3.10. The zero-order valence-corrected chi connectivity index (χ0v) is 15.8. The number of thioether (sulfide) groups is 1. The number of amides is 1. The van der Waals surface area contributed by atoms with E-state index in [1.165, 1.54) is 11.8 Å².